The van der Waals surface area contributed by atoms with Crippen LogP contribution in [0.4, 0.5) is 4.79 Å². The molecule has 1 aliphatic rings. The van der Waals surface area contributed by atoms with Gasteiger partial charge in [0.15, 0.2) is 6.04 Å². The number of urea groups is 1. The fourth-order valence-corrected chi connectivity index (χ4v) is 2.83. The molecule has 0 aliphatic carbocycles. The smallest absolute Gasteiger partial charge is 0.331 e. The minimum Gasteiger partial charge on any atom is -0.479 e. The predicted molar refractivity (Wildman–Crippen MR) is 80.4 cm³/mol. The van der Waals surface area contributed by atoms with Crippen molar-refractivity contribution in [2.45, 2.75) is 38.3 Å². The van der Waals surface area contributed by atoms with Crippen molar-refractivity contribution in [1.82, 2.24) is 10.2 Å². The Bertz CT molecular complexity index is 535. The van der Waals surface area contributed by atoms with E-state index < -0.39 is 12.0 Å². The monoisotopic (exact) mass is 310 g/mol. The minimum atomic E-state index is -1.14. The van der Waals surface area contributed by atoms with E-state index in [1.165, 1.54) is 0 Å². The van der Waals surface area contributed by atoms with Gasteiger partial charge in [0.1, 0.15) is 0 Å². The molecule has 2 atom stereocenters. The van der Waals surface area contributed by atoms with Crippen LogP contribution in [-0.4, -0.2) is 34.6 Å². The molecule has 0 bridgehead atoms. The number of nitrogens with zero attached hydrogens (tertiary/aromatic N) is 1. The van der Waals surface area contributed by atoms with E-state index >= 15 is 0 Å². The van der Waals surface area contributed by atoms with Crippen LogP contribution in [0.5, 0.6) is 0 Å². The molecule has 1 unspecified atom stereocenters. The molecule has 0 radical (unpaired) electrons. The Morgan fingerprint density at radius 2 is 2.10 bits per heavy atom. The van der Waals surface area contributed by atoms with Crippen LogP contribution < -0.4 is 5.32 Å². The summed E-state index contributed by atoms with van der Waals surface area (Å²) in [5.41, 5.74) is 0.393. The lowest BCUT2D eigenvalue weighted by atomic mass is 10.0. The largest absolute Gasteiger partial charge is 0.479 e. The van der Waals surface area contributed by atoms with Crippen LogP contribution in [0.1, 0.15) is 37.8 Å². The minimum absolute atomic E-state index is 0.124. The van der Waals surface area contributed by atoms with Gasteiger partial charge in [-0.25, -0.2) is 9.59 Å². The van der Waals surface area contributed by atoms with E-state index in [9.17, 15) is 14.7 Å². The van der Waals surface area contributed by atoms with Gasteiger partial charge in [0, 0.05) is 23.2 Å². The van der Waals surface area contributed by atoms with Crippen LogP contribution in [0.3, 0.4) is 0 Å². The van der Waals surface area contributed by atoms with E-state index in [1.54, 1.807) is 29.2 Å². The summed E-state index contributed by atoms with van der Waals surface area (Å²) in [6, 6.07) is 5.28. The first kappa shape index (κ1) is 15.6. The van der Waals surface area contributed by atoms with Crippen molar-refractivity contribution in [3.8, 4) is 0 Å². The molecule has 2 amide bonds. The molecule has 1 aromatic carbocycles. The van der Waals surface area contributed by atoms with E-state index in [1.807, 2.05) is 6.92 Å². The number of amides is 2. The van der Waals surface area contributed by atoms with Gasteiger partial charge in [-0.15, -0.1) is 0 Å². The molecule has 0 spiro atoms. The molecule has 114 valence electrons. The highest BCUT2D eigenvalue weighted by Gasteiger charge is 2.29. The van der Waals surface area contributed by atoms with Crippen LogP contribution >= 0.6 is 11.6 Å². The number of hydrogen-bond donors (Lipinski definition) is 2. The van der Waals surface area contributed by atoms with Crippen LogP contribution in [0.25, 0.3) is 0 Å². The summed E-state index contributed by atoms with van der Waals surface area (Å²) in [5, 5.41) is 12.3. The number of nitrogens with one attached hydrogen (secondary N) is 1. The van der Waals surface area contributed by atoms with Crippen molar-refractivity contribution in [2.24, 2.45) is 0 Å². The lowest BCUT2D eigenvalue weighted by Gasteiger charge is -2.34. The average Bonchev–Trinajstić information content (AvgIpc) is 2.45. The van der Waals surface area contributed by atoms with Crippen molar-refractivity contribution in [3.63, 3.8) is 0 Å². The maximum atomic E-state index is 12.3. The van der Waals surface area contributed by atoms with Gasteiger partial charge in [0.2, 0.25) is 0 Å². The van der Waals surface area contributed by atoms with Gasteiger partial charge in [-0.2, -0.15) is 0 Å². The Morgan fingerprint density at radius 3 is 2.71 bits per heavy atom. The molecule has 2 rings (SSSR count). The lowest BCUT2D eigenvalue weighted by molar-refractivity contribution is -0.139. The summed E-state index contributed by atoms with van der Waals surface area (Å²) >= 11 is 6.03. The third-order valence-electron chi connectivity index (χ3n) is 3.79. The zero-order chi connectivity index (χ0) is 15.4. The van der Waals surface area contributed by atoms with Gasteiger partial charge in [0.05, 0.1) is 0 Å². The molecule has 21 heavy (non-hydrogen) atoms. The molecule has 0 saturated carbocycles. The summed E-state index contributed by atoms with van der Waals surface area (Å²) in [4.78, 5) is 25.5. The third-order valence-corrected chi connectivity index (χ3v) is 4.14. The Hall–Kier alpha value is -1.75. The number of benzene rings is 1. The van der Waals surface area contributed by atoms with E-state index in [0.29, 0.717) is 17.1 Å². The quantitative estimate of drug-likeness (QED) is 0.901. The van der Waals surface area contributed by atoms with Crippen LogP contribution in [0.2, 0.25) is 5.02 Å². The van der Waals surface area contributed by atoms with Crippen LogP contribution in [-0.2, 0) is 4.79 Å². The maximum absolute atomic E-state index is 12.3. The molecule has 1 fully saturated rings. The van der Waals surface area contributed by atoms with Gasteiger partial charge in [0.25, 0.3) is 0 Å². The molecule has 0 aromatic heterocycles. The van der Waals surface area contributed by atoms with Gasteiger partial charge in [-0.05, 0) is 32.3 Å². The SMILES string of the molecule is CC1CCCCN1C(=O)N[C@@H](C(=O)O)c1ccccc1Cl. The average molecular weight is 311 g/mol. The van der Waals surface area contributed by atoms with Gasteiger partial charge in [-0.3, -0.25) is 0 Å². The van der Waals surface area contributed by atoms with Crippen molar-refractivity contribution in [2.75, 3.05) is 6.54 Å². The standard InChI is InChI=1S/C15H19ClN2O3/c1-10-6-4-5-9-18(10)15(21)17-13(14(19)20)11-7-2-3-8-12(11)16/h2-3,7-8,10,13H,4-6,9H2,1H3,(H,17,21)(H,19,20)/t10?,13-/m1/s1. The fraction of sp³-hybridized carbons (Fsp3) is 0.467. The van der Waals surface area contributed by atoms with Crippen molar-refractivity contribution in [1.29, 1.82) is 0 Å². The number of carboxylic acid groups (broad SMARTS) is 1. The highest BCUT2D eigenvalue weighted by molar-refractivity contribution is 6.31. The normalized spacial score (nSPS) is 19.9. The predicted octanol–water partition coefficient (Wildman–Crippen LogP) is 3.05. The first-order valence-electron chi connectivity index (χ1n) is 7.05. The summed E-state index contributed by atoms with van der Waals surface area (Å²) in [7, 11) is 0. The summed E-state index contributed by atoms with van der Waals surface area (Å²) in [6.45, 7) is 2.63. The van der Waals surface area contributed by atoms with Gasteiger partial charge in [-0.1, -0.05) is 29.8 Å². The second kappa shape index (κ2) is 6.80. The molecule has 1 heterocycles. The first-order valence-corrected chi connectivity index (χ1v) is 7.43. The Kier molecular flexibility index (Phi) is 5.07. The number of carbonyl (C=O) groups excluding carboxylic acids is 1. The number of rotatable bonds is 3. The number of likely N-dealkylation sites (tertiary alicyclic amines) is 1. The molecule has 1 aromatic rings. The number of piperidine rings is 1. The maximum Gasteiger partial charge on any atom is 0.331 e. The highest BCUT2D eigenvalue weighted by atomic mass is 35.5. The summed E-state index contributed by atoms with van der Waals surface area (Å²) in [6.07, 6.45) is 2.98. The molecule has 1 saturated heterocycles. The molecule has 2 N–H and O–H groups in total. The number of carbonyl (C=O) groups is 2. The molecule has 6 heteroatoms. The van der Waals surface area contributed by atoms with E-state index in [-0.39, 0.29) is 12.1 Å². The molecular weight excluding hydrogens is 292 g/mol. The molecule has 5 nitrogen and oxygen atoms in total. The number of hydrogen-bond acceptors (Lipinski definition) is 2. The Labute approximate surface area is 128 Å². The van der Waals surface area contributed by atoms with Crippen LogP contribution in [0, 0.1) is 0 Å². The van der Waals surface area contributed by atoms with E-state index in [4.69, 9.17) is 11.6 Å². The van der Waals surface area contributed by atoms with Gasteiger partial charge >= 0.3 is 12.0 Å². The zero-order valence-electron chi connectivity index (χ0n) is 11.9. The number of aliphatic carboxylic acids is 1. The fourth-order valence-electron chi connectivity index (χ4n) is 2.59. The topological polar surface area (TPSA) is 69.6 Å². The second-order valence-electron chi connectivity index (χ2n) is 5.28. The van der Waals surface area contributed by atoms with Crippen molar-refractivity contribution >= 4 is 23.6 Å². The highest BCUT2D eigenvalue weighted by Crippen LogP contribution is 2.24. The van der Waals surface area contributed by atoms with Crippen molar-refractivity contribution < 1.29 is 14.7 Å². The summed E-state index contributed by atoms with van der Waals surface area (Å²) in [5.74, 6) is -1.12. The van der Waals surface area contributed by atoms with Crippen molar-refractivity contribution in [3.05, 3.63) is 34.9 Å². The van der Waals surface area contributed by atoms with E-state index in [2.05, 4.69) is 5.32 Å². The Morgan fingerprint density at radius 1 is 1.38 bits per heavy atom. The number of carboxylic acids is 1. The second-order valence-corrected chi connectivity index (χ2v) is 5.69. The lowest BCUT2D eigenvalue weighted by Crippen LogP contribution is -2.49. The van der Waals surface area contributed by atoms with Crippen LogP contribution in [0.15, 0.2) is 24.3 Å². The molecule has 1 aliphatic heterocycles. The Balaban J connectivity index is 2.15. The molecular formula is C15H19ClN2O3. The summed E-state index contributed by atoms with van der Waals surface area (Å²) < 4.78 is 0. The third kappa shape index (κ3) is 3.67. The first-order chi connectivity index (χ1) is 10.0. The van der Waals surface area contributed by atoms with E-state index in [0.717, 1.165) is 19.3 Å². The van der Waals surface area contributed by atoms with Gasteiger partial charge < -0.3 is 15.3 Å². The number of halogens is 1. The zero-order valence-corrected chi connectivity index (χ0v) is 12.6.